The molecule has 0 aliphatic rings. The van der Waals surface area contributed by atoms with Crippen molar-refractivity contribution in [3.8, 4) is 5.75 Å². The van der Waals surface area contributed by atoms with Crippen LogP contribution in [0.15, 0.2) is 54.6 Å². The van der Waals surface area contributed by atoms with Gasteiger partial charge in [0.05, 0.1) is 6.04 Å². The minimum atomic E-state index is -1.39. The molecule has 4 atom stereocenters. The number of carboxylic acids is 2. The number of hydrogen-bond donors (Lipinski definition) is 8. The molecular formula is C26H32N4O8S. The van der Waals surface area contributed by atoms with E-state index < -0.39 is 60.2 Å². The number of carboxylic acid groups (broad SMARTS) is 2. The third-order valence-electron chi connectivity index (χ3n) is 5.72. The Morgan fingerprint density at radius 2 is 1.28 bits per heavy atom. The molecule has 0 saturated heterocycles. The molecule has 0 aliphatic heterocycles. The first kappa shape index (κ1) is 31.1. The average molecular weight is 561 g/mol. The Balaban J connectivity index is 2.06. The monoisotopic (exact) mass is 560 g/mol. The van der Waals surface area contributed by atoms with Gasteiger partial charge in [-0.05, 0) is 36.1 Å². The molecule has 3 amide bonds. The maximum atomic E-state index is 12.9. The van der Waals surface area contributed by atoms with Gasteiger partial charge in [0.2, 0.25) is 17.7 Å². The van der Waals surface area contributed by atoms with Crippen molar-refractivity contribution in [3.05, 3.63) is 65.7 Å². The first-order valence-electron chi connectivity index (χ1n) is 12.0. The number of phenolic OH excluding ortho intramolecular Hbond substituents is 1. The van der Waals surface area contributed by atoms with Crippen LogP contribution in [0.3, 0.4) is 0 Å². The molecule has 210 valence electrons. The van der Waals surface area contributed by atoms with Crippen LogP contribution in [0.5, 0.6) is 5.75 Å². The topological polar surface area (TPSA) is 208 Å². The van der Waals surface area contributed by atoms with Crippen molar-refractivity contribution in [2.75, 3.05) is 5.75 Å². The molecule has 0 spiro atoms. The van der Waals surface area contributed by atoms with E-state index in [0.29, 0.717) is 11.1 Å². The maximum Gasteiger partial charge on any atom is 0.326 e. The second-order valence-electron chi connectivity index (χ2n) is 8.80. The van der Waals surface area contributed by atoms with Gasteiger partial charge < -0.3 is 37.0 Å². The lowest BCUT2D eigenvalue weighted by Crippen LogP contribution is -2.58. The number of phenols is 1. The number of aliphatic carboxylic acids is 2. The van der Waals surface area contributed by atoms with Gasteiger partial charge in [-0.15, -0.1) is 0 Å². The van der Waals surface area contributed by atoms with E-state index in [4.69, 9.17) is 10.8 Å². The summed E-state index contributed by atoms with van der Waals surface area (Å²) in [6.07, 6.45) is -0.715. The van der Waals surface area contributed by atoms with Crippen LogP contribution < -0.4 is 21.7 Å². The highest BCUT2D eigenvalue weighted by Gasteiger charge is 2.30. The largest absolute Gasteiger partial charge is 0.508 e. The number of carbonyl (C=O) groups is 5. The summed E-state index contributed by atoms with van der Waals surface area (Å²) in [5.41, 5.74) is 7.28. The zero-order valence-corrected chi connectivity index (χ0v) is 21.8. The molecule has 0 aliphatic carbocycles. The second-order valence-corrected chi connectivity index (χ2v) is 9.17. The summed E-state index contributed by atoms with van der Waals surface area (Å²) in [6, 6.07) is 9.68. The van der Waals surface area contributed by atoms with Gasteiger partial charge in [0.15, 0.2) is 0 Å². The number of carbonyl (C=O) groups excluding carboxylic acids is 3. The van der Waals surface area contributed by atoms with Gasteiger partial charge in [-0.25, -0.2) is 4.79 Å². The third-order valence-corrected chi connectivity index (χ3v) is 6.09. The van der Waals surface area contributed by atoms with Crippen LogP contribution in [0.25, 0.3) is 0 Å². The Morgan fingerprint density at radius 3 is 1.85 bits per heavy atom. The third kappa shape index (κ3) is 10.7. The van der Waals surface area contributed by atoms with Gasteiger partial charge in [-0.3, -0.25) is 19.2 Å². The van der Waals surface area contributed by atoms with E-state index in [0.717, 1.165) is 0 Å². The van der Waals surface area contributed by atoms with Crippen molar-refractivity contribution in [1.82, 2.24) is 16.0 Å². The number of thiol groups is 1. The number of amides is 3. The molecule has 0 bridgehead atoms. The van der Waals surface area contributed by atoms with Crippen LogP contribution in [-0.4, -0.2) is 74.9 Å². The highest BCUT2D eigenvalue weighted by molar-refractivity contribution is 7.80. The summed E-state index contributed by atoms with van der Waals surface area (Å²) >= 11 is 4.09. The van der Waals surface area contributed by atoms with Crippen molar-refractivity contribution in [2.45, 2.75) is 49.9 Å². The number of rotatable bonds is 15. The molecule has 39 heavy (non-hydrogen) atoms. The smallest absolute Gasteiger partial charge is 0.326 e. The fraction of sp³-hybridized carbons (Fsp3) is 0.346. The van der Waals surface area contributed by atoms with Crippen LogP contribution >= 0.6 is 12.6 Å². The van der Waals surface area contributed by atoms with E-state index in [-0.39, 0.29) is 30.8 Å². The van der Waals surface area contributed by atoms with Crippen molar-refractivity contribution in [2.24, 2.45) is 5.73 Å². The van der Waals surface area contributed by atoms with Gasteiger partial charge >= 0.3 is 11.9 Å². The predicted octanol–water partition coefficient (Wildman–Crippen LogP) is -0.162. The Kier molecular flexibility index (Phi) is 12.2. The van der Waals surface area contributed by atoms with Gasteiger partial charge in [0, 0.05) is 18.6 Å². The molecule has 4 unspecified atom stereocenters. The van der Waals surface area contributed by atoms with Crippen LogP contribution in [-0.2, 0) is 36.8 Å². The lowest BCUT2D eigenvalue weighted by Gasteiger charge is -2.24. The number of nitrogens with one attached hydrogen (secondary N) is 3. The van der Waals surface area contributed by atoms with E-state index in [1.807, 2.05) is 0 Å². The molecule has 0 aromatic heterocycles. The van der Waals surface area contributed by atoms with Crippen LogP contribution in [0, 0.1) is 0 Å². The lowest BCUT2D eigenvalue weighted by molar-refractivity contribution is -0.143. The summed E-state index contributed by atoms with van der Waals surface area (Å²) in [5, 5.41) is 35.2. The van der Waals surface area contributed by atoms with Crippen LogP contribution in [0.1, 0.15) is 24.0 Å². The summed E-state index contributed by atoms with van der Waals surface area (Å²) in [4.78, 5) is 61.3. The Hall–Kier alpha value is -4.10. The van der Waals surface area contributed by atoms with Crippen molar-refractivity contribution >= 4 is 42.3 Å². The zero-order chi connectivity index (χ0) is 28.9. The standard InChI is InChI=1S/C26H32N4O8S/c27-18(12-16-6-8-17(31)9-7-16)23(34)30-21(14-39)25(36)28-19(10-11-22(32)33)24(35)29-20(26(37)38)13-15-4-2-1-3-5-15/h1-9,18-21,31,39H,10-14,27H2,(H,28,36)(H,29,35)(H,30,34)(H,32,33)(H,37,38). The number of aromatic hydroxyl groups is 1. The van der Waals surface area contributed by atoms with E-state index >= 15 is 0 Å². The van der Waals surface area contributed by atoms with Crippen LogP contribution in [0.2, 0.25) is 0 Å². The highest BCUT2D eigenvalue weighted by atomic mass is 32.1. The van der Waals surface area contributed by atoms with Gasteiger partial charge in [0.25, 0.3) is 0 Å². The quantitative estimate of drug-likeness (QED) is 0.136. The zero-order valence-electron chi connectivity index (χ0n) is 20.9. The van der Waals surface area contributed by atoms with Gasteiger partial charge in [0.1, 0.15) is 23.9 Å². The van der Waals surface area contributed by atoms with Gasteiger partial charge in [-0.2, -0.15) is 12.6 Å². The van der Waals surface area contributed by atoms with Crippen molar-refractivity contribution < 1.29 is 39.3 Å². The van der Waals surface area contributed by atoms with E-state index in [1.165, 1.54) is 12.1 Å². The Bertz CT molecular complexity index is 1150. The SMILES string of the molecule is NC(Cc1ccc(O)cc1)C(=O)NC(CS)C(=O)NC(CCC(=O)O)C(=O)NC(Cc1ccccc1)C(=O)O. The molecule has 0 saturated carbocycles. The van der Waals surface area contributed by atoms with Crippen molar-refractivity contribution in [1.29, 1.82) is 0 Å². The molecule has 2 aromatic rings. The summed E-state index contributed by atoms with van der Waals surface area (Å²) < 4.78 is 0. The van der Waals surface area contributed by atoms with E-state index in [1.54, 1.807) is 42.5 Å². The molecule has 8 N–H and O–H groups in total. The first-order valence-corrected chi connectivity index (χ1v) is 12.7. The molecule has 12 nitrogen and oxygen atoms in total. The second kappa shape index (κ2) is 15.3. The van der Waals surface area contributed by atoms with Gasteiger partial charge in [-0.1, -0.05) is 42.5 Å². The summed E-state index contributed by atoms with van der Waals surface area (Å²) in [7, 11) is 0. The summed E-state index contributed by atoms with van der Waals surface area (Å²) in [5.74, 6) is -5.02. The maximum absolute atomic E-state index is 12.9. The fourth-order valence-corrected chi connectivity index (χ4v) is 3.84. The lowest BCUT2D eigenvalue weighted by atomic mass is 10.0. The minimum absolute atomic E-state index is 0.0320. The number of hydrogen-bond acceptors (Lipinski definition) is 8. The van der Waals surface area contributed by atoms with Crippen LogP contribution in [0.4, 0.5) is 0 Å². The molecule has 2 aromatic carbocycles. The average Bonchev–Trinajstić information content (AvgIpc) is 2.90. The molecular weight excluding hydrogens is 528 g/mol. The normalized spacial score (nSPS) is 13.8. The molecule has 0 fully saturated rings. The predicted molar refractivity (Wildman–Crippen MR) is 144 cm³/mol. The summed E-state index contributed by atoms with van der Waals surface area (Å²) in [6.45, 7) is 0. The number of benzene rings is 2. The highest BCUT2D eigenvalue weighted by Crippen LogP contribution is 2.11. The fourth-order valence-electron chi connectivity index (χ4n) is 3.58. The number of nitrogens with two attached hydrogens (primary N) is 1. The van der Waals surface area contributed by atoms with E-state index in [2.05, 4.69) is 28.6 Å². The first-order chi connectivity index (χ1) is 18.5. The molecule has 0 heterocycles. The Morgan fingerprint density at radius 1 is 0.744 bits per heavy atom. The van der Waals surface area contributed by atoms with E-state index in [9.17, 15) is 34.2 Å². The molecule has 2 rings (SSSR count). The van der Waals surface area contributed by atoms with Crippen molar-refractivity contribution in [3.63, 3.8) is 0 Å². The Labute approximate surface area is 230 Å². The minimum Gasteiger partial charge on any atom is -0.508 e. The molecule has 13 heteroatoms. The molecule has 0 radical (unpaired) electrons.